The lowest BCUT2D eigenvalue weighted by molar-refractivity contribution is -0.193. The first kappa shape index (κ1) is 32.3. The highest BCUT2D eigenvalue weighted by Gasteiger charge is 2.39. The molecule has 0 unspecified atom stereocenters. The fraction of sp³-hybridized carbons (Fsp3) is 0.391. The number of aromatic nitrogens is 1. The third-order valence-corrected chi connectivity index (χ3v) is 5.18. The van der Waals surface area contributed by atoms with Crippen LogP contribution in [0.5, 0.6) is 0 Å². The van der Waals surface area contributed by atoms with Crippen LogP contribution in [0, 0.1) is 5.82 Å². The Morgan fingerprint density at radius 3 is 1.87 bits per heavy atom. The third kappa shape index (κ3) is 10.3. The maximum Gasteiger partial charge on any atom is 0.490 e. The first-order valence-corrected chi connectivity index (χ1v) is 10.7. The van der Waals surface area contributed by atoms with Crippen molar-refractivity contribution in [2.45, 2.75) is 37.3 Å². The van der Waals surface area contributed by atoms with E-state index >= 15 is 0 Å². The summed E-state index contributed by atoms with van der Waals surface area (Å²) < 4.78 is 76.6. The Morgan fingerprint density at radius 1 is 0.974 bits per heavy atom. The molecule has 1 aromatic carbocycles. The summed E-state index contributed by atoms with van der Waals surface area (Å²) in [5, 5.41) is 14.2. The number of pyridine rings is 1. The van der Waals surface area contributed by atoms with Gasteiger partial charge in [-0.1, -0.05) is 6.07 Å². The number of carbonyl (C=O) groups is 3. The van der Waals surface area contributed by atoms with E-state index in [1.807, 2.05) is 37.3 Å². The summed E-state index contributed by atoms with van der Waals surface area (Å²) >= 11 is 0. The largest absolute Gasteiger partial charge is 0.490 e. The minimum absolute atomic E-state index is 0.0340. The molecule has 0 bridgehead atoms. The lowest BCUT2D eigenvalue weighted by Gasteiger charge is -2.31. The lowest BCUT2D eigenvalue weighted by Crippen LogP contribution is -2.45. The van der Waals surface area contributed by atoms with Crippen molar-refractivity contribution in [1.29, 1.82) is 0 Å². The van der Waals surface area contributed by atoms with Crippen molar-refractivity contribution in [1.82, 2.24) is 14.8 Å². The standard InChI is InChI=1S/C19H22FN3O.2C2HF3O2/c1-22(2)17-9-11-23(18(17)12-14-4-3-10-21-13-14)19(24)15-5-7-16(20)8-6-15;2*3-2(4,5)1(6)7/h3-8,10,13,17-18H,9,11-12H2,1-2H3;2*(H,6,7)/t17-,18+;;/m1../s1. The Labute approximate surface area is 212 Å². The highest BCUT2D eigenvalue weighted by molar-refractivity contribution is 5.94. The summed E-state index contributed by atoms with van der Waals surface area (Å²) in [5.74, 6) is -5.88. The van der Waals surface area contributed by atoms with E-state index < -0.39 is 24.3 Å². The molecule has 0 aliphatic carbocycles. The van der Waals surface area contributed by atoms with Crippen LogP contribution in [0.15, 0.2) is 48.8 Å². The zero-order chi connectivity index (χ0) is 29.3. The van der Waals surface area contributed by atoms with Gasteiger partial charge < -0.3 is 20.0 Å². The Bertz CT molecular complexity index is 1040. The summed E-state index contributed by atoms with van der Waals surface area (Å²) in [4.78, 5) is 39.0. The van der Waals surface area contributed by atoms with Gasteiger partial charge in [-0.05, 0) is 62.8 Å². The van der Waals surface area contributed by atoms with Gasteiger partial charge in [0.25, 0.3) is 5.91 Å². The van der Waals surface area contributed by atoms with Crippen molar-refractivity contribution in [3.63, 3.8) is 0 Å². The second kappa shape index (κ2) is 13.7. The van der Waals surface area contributed by atoms with Gasteiger partial charge in [-0.2, -0.15) is 26.3 Å². The highest BCUT2D eigenvalue weighted by Crippen LogP contribution is 2.26. The van der Waals surface area contributed by atoms with E-state index in [1.165, 1.54) is 12.1 Å². The summed E-state index contributed by atoms with van der Waals surface area (Å²) in [7, 11) is 4.10. The second-order valence-corrected chi connectivity index (χ2v) is 8.06. The van der Waals surface area contributed by atoms with Crippen LogP contribution in [0.2, 0.25) is 0 Å². The van der Waals surface area contributed by atoms with Gasteiger partial charge in [-0.25, -0.2) is 14.0 Å². The van der Waals surface area contributed by atoms with Crippen LogP contribution in [0.25, 0.3) is 0 Å². The van der Waals surface area contributed by atoms with Gasteiger partial charge in [0.2, 0.25) is 0 Å². The number of hydrogen-bond acceptors (Lipinski definition) is 5. The van der Waals surface area contributed by atoms with Gasteiger partial charge in [0.1, 0.15) is 5.82 Å². The average molecular weight is 555 g/mol. The number of carboxylic acids is 2. The molecule has 2 aromatic rings. The smallest absolute Gasteiger partial charge is 0.475 e. The van der Waals surface area contributed by atoms with Crippen LogP contribution < -0.4 is 0 Å². The van der Waals surface area contributed by atoms with E-state index in [-0.39, 0.29) is 17.8 Å². The number of aliphatic carboxylic acids is 2. The van der Waals surface area contributed by atoms with Gasteiger partial charge in [0.15, 0.2) is 0 Å². The normalized spacial score (nSPS) is 17.2. The van der Waals surface area contributed by atoms with E-state index in [2.05, 4.69) is 9.88 Å². The summed E-state index contributed by atoms with van der Waals surface area (Å²) in [6, 6.07) is 10.1. The molecule has 1 saturated heterocycles. The van der Waals surface area contributed by atoms with Crippen molar-refractivity contribution in [3.05, 3.63) is 65.7 Å². The van der Waals surface area contributed by atoms with Gasteiger partial charge >= 0.3 is 24.3 Å². The molecular formula is C23H24F7N3O5. The molecule has 0 saturated carbocycles. The van der Waals surface area contributed by atoms with Crippen molar-refractivity contribution in [2.24, 2.45) is 0 Å². The molecule has 1 aliphatic rings. The third-order valence-electron chi connectivity index (χ3n) is 5.18. The topological polar surface area (TPSA) is 111 Å². The van der Waals surface area contributed by atoms with Gasteiger partial charge in [0, 0.05) is 30.5 Å². The van der Waals surface area contributed by atoms with E-state index in [4.69, 9.17) is 19.8 Å². The predicted molar refractivity (Wildman–Crippen MR) is 119 cm³/mol. The number of alkyl halides is 6. The molecule has 8 nitrogen and oxygen atoms in total. The first-order chi connectivity index (χ1) is 17.4. The number of likely N-dealkylation sites (N-methyl/N-ethyl adjacent to an activating group) is 1. The molecule has 1 fully saturated rings. The van der Waals surface area contributed by atoms with E-state index in [9.17, 15) is 35.5 Å². The molecule has 210 valence electrons. The fourth-order valence-corrected chi connectivity index (χ4v) is 3.46. The van der Waals surface area contributed by atoms with Gasteiger partial charge in [0.05, 0.1) is 6.04 Å². The quantitative estimate of drug-likeness (QED) is 0.551. The van der Waals surface area contributed by atoms with Crippen LogP contribution in [-0.4, -0.2) is 87.9 Å². The summed E-state index contributed by atoms with van der Waals surface area (Å²) in [6.45, 7) is 0.712. The maximum absolute atomic E-state index is 13.1. The predicted octanol–water partition coefficient (Wildman–Crippen LogP) is 3.87. The van der Waals surface area contributed by atoms with E-state index in [0.29, 0.717) is 18.2 Å². The highest BCUT2D eigenvalue weighted by atomic mass is 19.4. The average Bonchev–Trinajstić information content (AvgIpc) is 3.23. The minimum atomic E-state index is -5.08. The van der Waals surface area contributed by atoms with Gasteiger partial charge in [-0.3, -0.25) is 9.78 Å². The molecule has 2 N–H and O–H groups in total. The number of benzene rings is 1. The molecule has 38 heavy (non-hydrogen) atoms. The van der Waals surface area contributed by atoms with Crippen LogP contribution in [-0.2, 0) is 16.0 Å². The van der Waals surface area contributed by atoms with Crippen LogP contribution in [0.3, 0.4) is 0 Å². The zero-order valence-corrected chi connectivity index (χ0v) is 20.0. The Kier molecular flexibility index (Phi) is 11.6. The molecule has 2 atom stereocenters. The Morgan fingerprint density at radius 2 is 1.47 bits per heavy atom. The molecule has 1 aliphatic heterocycles. The van der Waals surface area contributed by atoms with Crippen LogP contribution >= 0.6 is 0 Å². The molecule has 15 heteroatoms. The number of rotatable bonds is 4. The lowest BCUT2D eigenvalue weighted by atomic mass is 10.00. The van der Waals surface area contributed by atoms with Crippen molar-refractivity contribution in [2.75, 3.05) is 20.6 Å². The Hall–Kier alpha value is -3.75. The molecule has 1 amide bonds. The van der Waals surface area contributed by atoms with Crippen LogP contribution in [0.1, 0.15) is 22.3 Å². The number of carbonyl (C=O) groups excluding carboxylic acids is 1. The number of nitrogens with zero attached hydrogens (tertiary/aromatic N) is 3. The van der Waals surface area contributed by atoms with E-state index in [0.717, 1.165) is 18.4 Å². The van der Waals surface area contributed by atoms with Crippen molar-refractivity contribution >= 4 is 17.8 Å². The Balaban J connectivity index is 0.000000426. The molecule has 2 heterocycles. The fourth-order valence-electron chi connectivity index (χ4n) is 3.46. The number of amides is 1. The SMILES string of the molecule is CN(C)[C@@H]1CCN(C(=O)c2ccc(F)cc2)[C@H]1Cc1cccnc1.O=C(O)C(F)(F)F.O=C(O)C(F)(F)F. The van der Waals surface area contributed by atoms with E-state index in [1.54, 1.807) is 18.3 Å². The molecule has 0 spiro atoms. The molecular weight excluding hydrogens is 531 g/mol. The van der Waals surface area contributed by atoms with Crippen LogP contribution in [0.4, 0.5) is 30.7 Å². The molecule has 0 radical (unpaired) electrons. The maximum atomic E-state index is 13.1. The first-order valence-electron chi connectivity index (χ1n) is 10.7. The second-order valence-electron chi connectivity index (χ2n) is 8.06. The van der Waals surface area contributed by atoms with Crippen molar-refractivity contribution < 1.29 is 55.3 Å². The number of hydrogen-bond donors (Lipinski definition) is 2. The minimum Gasteiger partial charge on any atom is -0.475 e. The number of carboxylic acid groups (broad SMARTS) is 2. The summed E-state index contributed by atoms with van der Waals surface area (Å²) in [5.41, 5.74) is 1.65. The molecule has 3 rings (SSSR count). The zero-order valence-electron chi connectivity index (χ0n) is 20.0. The molecule has 1 aromatic heterocycles. The van der Waals surface area contributed by atoms with Gasteiger partial charge in [-0.15, -0.1) is 0 Å². The van der Waals surface area contributed by atoms with Crippen molar-refractivity contribution in [3.8, 4) is 0 Å². The number of likely N-dealkylation sites (tertiary alicyclic amines) is 1. The summed E-state index contributed by atoms with van der Waals surface area (Å²) in [6.07, 6.45) is -4.86. The monoisotopic (exact) mass is 555 g/mol. The number of halogens is 7.